The second-order valence-corrected chi connectivity index (χ2v) is 7.16. The van der Waals surface area contributed by atoms with Crippen LogP contribution in [0, 0.1) is 13.8 Å². The van der Waals surface area contributed by atoms with Gasteiger partial charge in [-0.25, -0.2) is 0 Å². The van der Waals surface area contributed by atoms with Gasteiger partial charge in [-0.05, 0) is 50.8 Å². The van der Waals surface area contributed by atoms with Gasteiger partial charge in [0.05, 0.1) is 11.4 Å². The summed E-state index contributed by atoms with van der Waals surface area (Å²) in [5.41, 5.74) is 8.77. The molecular formula is C14H23N3O2S. The SMILES string of the molecule is Cc1ccc(N)c(NS(=O)(=O)N2CCCCC2C)c1C. The monoisotopic (exact) mass is 297 g/mol. The van der Waals surface area contributed by atoms with Crippen molar-refractivity contribution in [2.75, 3.05) is 17.0 Å². The van der Waals surface area contributed by atoms with E-state index in [2.05, 4.69) is 4.72 Å². The fraction of sp³-hybridized carbons (Fsp3) is 0.571. The van der Waals surface area contributed by atoms with E-state index < -0.39 is 10.2 Å². The molecule has 0 spiro atoms. The van der Waals surface area contributed by atoms with Gasteiger partial charge < -0.3 is 5.73 Å². The lowest BCUT2D eigenvalue weighted by Crippen LogP contribution is -2.45. The van der Waals surface area contributed by atoms with Crippen molar-refractivity contribution < 1.29 is 8.42 Å². The Hall–Kier alpha value is -1.27. The number of nitrogens with two attached hydrogens (primary N) is 1. The second kappa shape index (κ2) is 5.61. The highest BCUT2D eigenvalue weighted by Gasteiger charge is 2.30. The molecule has 112 valence electrons. The van der Waals surface area contributed by atoms with Gasteiger partial charge in [0.2, 0.25) is 0 Å². The molecule has 1 aliphatic rings. The summed E-state index contributed by atoms with van der Waals surface area (Å²) in [5, 5.41) is 0. The van der Waals surface area contributed by atoms with Crippen LogP contribution in [0.25, 0.3) is 0 Å². The Bertz CT molecular complexity index is 599. The predicted molar refractivity (Wildman–Crippen MR) is 82.9 cm³/mol. The Morgan fingerprint density at radius 2 is 2.00 bits per heavy atom. The minimum absolute atomic E-state index is 0.0348. The van der Waals surface area contributed by atoms with E-state index in [9.17, 15) is 8.42 Å². The van der Waals surface area contributed by atoms with Crippen LogP contribution in [0.3, 0.4) is 0 Å². The topological polar surface area (TPSA) is 75.4 Å². The van der Waals surface area contributed by atoms with Crippen LogP contribution >= 0.6 is 0 Å². The summed E-state index contributed by atoms with van der Waals surface area (Å²) in [6, 6.07) is 3.67. The average Bonchev–Trinajstić information content (AvgIpc) is 2.39. The van der Waals surface area contributed by atoms with Crippen molar-refractivity contribution >= 4 is 21.6 Å². The lowest BCUT2D eigenvalue weighted by molar-refractivity contribution is 0.270. The van der Waals surface area contributed by atoms with E-state index in [4.69, 9.17) is 5.73 Å². The van der Waals surface area contributed by atoms with Crippen molar-refractivity contribution in [3.63, 3.8) is 0 Å². The number of rotatable bonds is 3. The Balaban J connectivity index is 2.31. The molecule has 1 aromatic rings. The van der Waals surface area contributed by atoms with Crippen LogP contribution < -0.4 is 10.5 Å². The van der Waals surface area contributed by atoms with E-state index in [0.29, 0.717) is 17.9 Å². The molecule has 2 rings (SSSR count). The van der Waals surface area contributed by atoms with Crippen molar-refractivity contribution in [3.05, 3.63) is 23.3 Å². The summed E-state index contributed by atoms with van der Waals surface area (Å²) < 4.78 is 29.3. The number of nitrogens with zero attached hydrogens (tertiary/aromatic N) is 1. The van der Waals surface area contributed by atoms with E-state index in [1.165, 1.54) is 4.31 Å². The van der Waals surface area contributed by atoms with Crippen LogP contribution in [0.2, 0.25) is 0 Å². The molecule has 0 aromatic heterocycles. The number of benzene rings is 1. The van der Waals surface area contributed by atoms with E-state index >= 15 is 0 Å². The van der Waals surface area contributed by atoms with Crippen LogP contribution in [-0.4, -0.2) is 25.3 Å². The van der Waals surface area contributed by atoms with E-state index in [1.807, 2.05) is 26.8 Å². The van der Waals surface area contributed by atoms with Gasteiger partial charge in [0.25, 0.3) is 0 Å². The molecule has 0 aliphatic carbocycles. The van der Waals surface area contributed by atoms with Crippen LogP contribution in [-0.2, 0) is 10.2 Å². The molecule has 0 saturated carbocycles. The first-order valence-corrected chi connectivity index (χ1v) is 8.42. The molecule has 1 aliphatic heterocycles. The number of hydrogen-bond donors (Lipinski definition) is 2. The number of anilines is 2. The molecular weight excluding hydrogens is 274 g/mol. The summed E-state index contributed by atoms with van der Waals surface area (Å²) >= 11 is 0. The van der Waals surface area contributed by atoms with Gasteiger partial charge in [0.15, 0.2) is 0 Å². The summed E-state index contributed by atoms with van der Waals surface area (Å²) in [7, 11) is -3.54. The van der Waals surface area contributed by atoms with Gasteiger partial charge in [0, 0.05) is 12.6 Å². The zero-order valence-electron chi connectivity index (χ0n) is 12.3. The maximum atomic E-state index is 12.5. The molecule has 0 amide bonds. The lowest BCUT2D eigenvalue weighted by atomic mass is 10.1. The van der Waals surface area contributed by atoms with Gasteiger partial charge in [0.1, 0.15) is 0 Å². The number of nitrogens with one attached hydrogen (secondary N) is 1. The van der Waals surface area contributed by atoms with Crippen molar-refractivity contribution in [2.24, 2.45) is 0 Å². The molecule has 1 saturated heterocycles. The zero-order chi connectivity index (χ0) is 14.9. The van der Waals surface area contributed by atoms with Crippen molar-refractivity contribution in [2.45, 2.75) is 46.1 Å². The maximum absolute atomic E-state index is 12.5. The molecule has 0 radical (unpaired) electrons. The number of piperidine rings is 1. The van der Waals surface area contributed by atoms with Gasteiger partial charge in [-0.1, -0.05) is 12.5 Å². The largest absolute Gasteiger partial charge is 0.397 e. The third-order valence-electron chi connectivity index (χ3n) is 4.05. The summed E-state index contributed by atoms with van der Waals surface area (Å²) in [6.07, 6.45) is 2.90. The fourth-order valence-electron chi connectivity index (χ4n) is 2.59. The zero-order valence-corrected chi connectivity index (χ0v) is 13.1. The molecule has 0 bridgehead atoms. The van der Waals surface area contributed by atoms with Crippen LogP contribution in [0.4, 0.5) is 11.4 Å². The molecule has 1 fully saturated rings. The van der Waals surface area contributed by atoms with E-state index in [-0.39, 0.29) is 6.04 Å². The minimum Gasteiger partial charge on any atom is -0.397 e. The molecule has 1 atom stereocenters. The Morgan fingerprint density at radius 3 is 2.65 bits per heavy atom. The van der Waals surface area contributed by atoms with Crippen molar-refractivity contribution in [1.82, 2.24) is 4.31 Å². The Morgan fingerprint density at radius 1 is 1.30 bits per heavy atom. The van der Waals surface area contributed by atoms with Crippen LogP contribution in [0.5, 0.6) is 0 Å². The molecule has 6 heteroatoms. The van der Waals surface area contributed by atoms with Crippen molar-refractivity contribution in [3.8, 4) is 0 Å². The van der Waals surface area contributed by atoms with E-state index in [0.717, 1.165) is 30.4 Å². The minimum atomic E-state index is -3.54. The highest BCUT2D eigenvalue weighted by molar-refractivity contribution is 7.90. The van der Waals surface area contributed by atoms with Gasteiger partial charge in [-0.15, -0.1) is 0 Å². The third kappa shape index (κ3) is 2.91. The van der Waals surface area contributed by atoms with E-state index in [1.54, 1.807) is 6.07 Å². The normalized spacial score (nSPS) is 20.9. The quantitative estimate of drug-likeness (QED) is 0.841. The van der Waals surface area contributed by atoms with Crippen LogP contribution in [0.1, 0.15) is 37.3 Å². The molecule has 1 heterocycles. The summed E-state index contributed by atoms with van der Waals surface area (Å²) in [6.45, 7) is 6.34. The molecule has 5 nitrogen and oxygen atoms in total. The van der Waals surface area contributed by atoms with Crippen LogP contribution in [0.15, 0.2) is 12.1 Å². The van der Waals surface area contributed by atoms with Gasteiger partial charge >= 0.3 is 10.2 Å². The fourth-order valence-corrected chi connectivity index (χ4v) is 4.18. The first kappa shape index (κ1) is 15.1. The molecule has 3 N–H and O–H groups in total. The molecule has 20 heavy (non-hydrogen) atoms. The highest BCUT2D eigenvalue weighted by Crippen LogP contribution is 2.29. The van der Waals surface area contributed by atoms with Gasteiger partial charge in [-0.3, -0.25) is 4.72 Å². The Labute approximate surface area is 121 Å². The summed E-state index contributed by atoms with van der Waals surface area (Å²) in [4.78, 5) is 0. The third-order valence-corrected chi connectivity index (χ3v) is 5.67. The first-order chi connectivity index (χ1) is 9.33. The highest BCUT2D eigenvalue weighted by atomic mass is 32.2. The maximum Gasteiger partial charge on any atom is 0.301 e. The lowest BCUT2D eigenvalue weighted by Gasteiger charge is -2.32. The number of aryl methyl sites for hydroxylation is 1. The number of hydrogen-bond acceptors (Lipinski definition) is 3. The standard InChI is InChI=1S/C14H23N3O2S/c1-10-7-8-13(15)14(12(10)3)16-20(18,19)17-9-5-4-6-11(17)2/h7-8,11,16H,4-6,9,15H2,1-3H3. The smallest absolute Gasteiger partial charge is 0.301 e. The Kier molecular flexibility index (Phi) is 4.25. The molecule has 1 aromatic carbocycles. The van der Waals surface area contributed by atoms with Gasteiger partial charge in [-0.2, -0.15) is 12.7 Å². The van der Waals surface area contributed by atoms with Crippen molar-refractivity contribution in [1.29, 1.82) is 0 Å². The summed E-state index contributed by atoms with van der Waals surface area (Å²) in [5.74, 6) is 0. The second-order valence-electron chi connectivity index (χ2n) is 5.53. The first-order valence-electron chi connectivity index (χ1n) is 6.98. The molecule has 1 unspecified atom stereocenters. The number of nitrogen functional groups attached to an aromatic ring is 1. The predicted octanol–water partition coefficient (Wildman–Crippen LogP) is 2.42. The average molecular weight is 297 g/mol.